The molecular formula is C20H30N2O2. The van der Waals surface area contributed by atoms with Gasteiger partial charge in [0.2, 0.25) is 0 Å². The van der Waals surface area contributed by atoms with Crippen molar-refractivity contribution >= 4 is 5.97 Å². The number of hydrogen-bond donors (Lipinski definition) is 1. The highest BCUT2D eigenvalue weighted by Gasteiger charge is 2.37. The summed E-state index contributed by atoms with van der Waals surface area (Å²) in [5.74, 6) is 0.554. The van der Waals surface area contributed by atoms with Crippen molar-refractivity contribution in [3.63, 3.8) is 0 Å². The summed E-state index contributed by atoms with van der Waals surface area (Å²) in [7, 11) is 0. The zero-order valence-electron chi connectivity index (χ0n) is 15.1. The van der Waals surface area contributed by atoms with Crippen LogP contribution in [-0.2, 0) is 16.0 Å². The van der Waals surface area contributed by atoms with Crippen LogP contribution in [0.4, 0.5) is 0 Å². The number of carbonyl (C=O) groups excluding carboxylic acids is 1. The van der Waals surface area contributed by atoms with Crippen LogP contribution in [0.25, 0.3) is 0 Å². The summed E-state index contributed by atoms with van der Waals surface area (Å²) in [6, 6.07) is 10.3. The van der Waals surface area contributed by atoms with Crippen LogP contribution in [0.1, 0.15) is 39.2 Å². The Morgan fingerprint density at radius 2 is 1.92 bits per heavy atom. The molecule has 0 aromatic heterocycles. The van der Waals surface area contributed by atoms with E-state index in [1.165, 1.54) is 31.5 Å². The van der Waals surface area contributed by atoms with Crippen molar-refractivity contribution in [2.45, 2.75) is 57.7 Å². The molecule has 2 bridgehead atoms. The predicted octanol–water partition coefficient (Wildman–Crippen LogP) is 2.62. The second-order valence-corrected chi connectivity index (χ2v) is 8.19. The number of fused-ring (bicyclic) bond motifs is 3. The predicted molar refractivity (Wildman–Crippen MR) is 95.9 cm³/mol. The Kier molecular flexibility index (Phi) is 5.26. The fourth-order valence-corrected chi connectivity index (χ4v) is 3.85. The van der Waals surface area contributed by atoms with Crippen LogP contribution in [0.2, 0.25) is 0 Å². The third-order valence-electron chi connectivity index (χ3n) is 5.05. The normalized spacial score (nSPS) is 27.7. The maximum absolute atomic E-state index is 12.7. The van der Waals surface area contributed by atoms with Gasteiger partial charge in [-0.2, -0.15) is 0 Å². The molecule has 24 heavy (non-hydrogen) atoms. The minimum Gasteiger partial charge on any atom is -0.459 e. The average Bonchev–Trinajstić information content (AvgIpc) is 2.55. The Labute approximate surface area is 145 Å². The minimum atomic E-state index is -0.456. The zero-order chi connectivity index (χ0) is 17.2. The van der Waals surface area contributed by atoms with Gasteiger partial charge in [0, 0.05) is 12.6 Å². The highest BCUT2D eigenvalue weighted by atomic mass is 16.6. The Hall–Kier alpha value is -1.39. The van der Waals surface area contributed by atoms with Crippen molar-refractivity contribution in [1.82, 2.24) is 10.2 Å². The molecule has 0 unspecified atom stereocenters. The van der Waals surface area contributed by atoms with E-state index in [1.807, 2.05) is 39.0 Å². The van der Waals surface area contributed by atoms with E-state index in [0.717, 1.165) is 6.54 Å². The van der Waals surface area contributed by atoms with Crippen molar-refractivity contribution in [1.29, 1.82) is 0 Å². The molecule has 1 aromatic rings. The molecule has 4 heteroatoms. The molecule has 1 aromatic carbocycles. The summed E-state index contributed by atoms with van der Waals surface area (Å²) >= 11 is 0. The second kappa shape index (κ2) is 7.24. The van der Waals surface area contributed by atoms with E-state index in [0.29, 0.717) is 18.4 Å². The molecule has 0 aliphatic carbocycles. The first-order valence-corrected chi connectivity index (χ1v) is 9.16. The maximum atomic E-state index is 12.7. The number of hydrogen-bond acceptors (Lipinski definition) is 4. The molecule has 3 heterocycles. The van der Waals surface area contributed by atoms with Gasteiger partial charge in [0.25, 0.3) is 0 Å². The van der Waals surface area contributed by atoms with Crippen LogP contribution >= 0.6 is 0 Å². The first kappa shape index (κ1) is 17.4. The summed E-state index contributed by atoms with van der Waals surface area (Å²) in [5, 5.41) is 3.64. The highest BCUT2D eigenvalue weighted by molar-refractivity contribution is 5.76. The topological polar surface area (TPSA) is 41.6 Å². The van der Waals surface area contributed by atoms with Crippen LogP contribution in [0.3, 0.4) is 0 Å². The van der Waals surface area contributed by atoms with E-state index in [2.05, 4.69) is 22.3 Å². The third kappa shape index (κ3) is 4.58. The molecule has 0 saturated carbocycles. The maximum Gasteiger partial charge on any atom is 0.324 e. The van der Waals surface area contributed by atoms with Crippen LogP contribution in [0, 0.1) is 5.92 Å². The van der Waals surface area contributed by atoms with Gasteiger partial charge >= 0.3 is 5.97 Å². The summed E-state index contributed by atoms with van der Waals surface area (Å²) in [6.07, 6.45) is 3.16. The van der Waals surface area contributed by atoms with E-state index in [-0.39, 0.29) is 12.0 Å². The lowest BCUT2D eigenvalue weighted by atomic mass is 9.83. The van der Waals surface area contributed by atoms with Crippen molar-refractivity contribution in [2.75, 3.05) is 19.6 Å². The van der Waals surface area contributed by atoms with Gasteiger partial charge in [-0.1, -0.05) is 30.3 Å². The lowest BCUT2D eigenvalue weighted by Gasteiger charge is -2.46. The second-order valence-electron chi connectivity index (χ2n) is 8.19. The molecule has 3 aliphatic heterocycles. The lowest BCUT2D eigenvalue weighted by molar-refractivity contribution is -0.158. The molecule has 3 fully saturated rings. The number of esters is 1. The van der Waals surface area contributed by atoms with Gasteiger partial charge in [-0.25, -0.2) is 0 Å². The Balaban J connectivity index is 1.70. The third-order valence-corrected chi connectivity index (χ3v) is 5.05. The van der Waals surface area contributed by atoms with Gasteiger partial charge in [0.15, 0.2) is 0 Å². The van der Waals surface area contributed by atoms with E-state index in [1.54, 1.807) is 0 Å². The number of nitrogens with one attached hydrogen (secondary N) is 1. The molecule has 2 atom stereocenters. The van der Waals surface area contributed by atoms with Gasteiger partial charge in [-0.15, -0.1) is 0 Å². The summed E-state index contributed by atoms with van der Waals surface area (Å²) in [5.41, 5.74) is 0.713. The Morgan fingerprint density at radius 3 is 2.46 bits per heavy atom. The minimum absolute atomic E-state index is 0.136. The number of carbonyl (C=O) groups is 1. The molecular weight excluding hydrogens is 300 g/mol. The number of benzene rings is 1. The molecule has 0 amide bonds. The van der Waals surface area contributed by atoms with Gasteiger partial charge in [0.05, 0.1) is 0 Å². The Morgan fingerprint density at radius 1 is 1.25 bits per heavy atom. The summed E-state index contributed by atoms with van der Waals surface area (Å²) in [4.78, 5) is 15.3. The largest absolute Gasteiger partial charge is 0.459 e. The first-order chi connectivity index (χ1) is 11.4. The van der Waals surface area contributed by atoms with Crippen molar-refractivity contribution < 1.29 is 9.53 Å². The van der Waals surface area contributed by atoms with E-state index < -0.39 is 5.60 Å². The smallest absolute Gasteiger partial charge is 0.324 e. The van der Waals surface area contributed by atoms with Crippen molar-refractivity contribution in [3.05, 3.63) is 35.9 Å². The summed E-state index contributed by atoms with van der Waals surface area (Å²) in [6.45, 7) is 9.26. The fraction of sp³-hybridized carbons (Fsp3) is 0.650. The van der Waals surface area contributed by atoms with Gasteiger partial charge in [-0.05, 0) is 64.6 Å². The molecule has 3 aliphatic rings. The lowest BCUT2D eigenvalue weighted by Crippen LogP contribution is -2.60. The Bertz CT molecular complexity index is 545. The number of ether oxygens (including phenoxy) is 1. The van der Waals surface area contributed by atoms with E-state index in [4.69, 9.17) is 4.74 Å². The molecule has 3 saturated heterocycles. The van der Waals surface area contributed by atoms with Gasteiger partial charge in [-0.3, -0.25) is 10.1 Å². The molecule has 0 spiro atoms. The van der Waals surface area contributed by atoms with E-state index >= 15 is 0 Å². The van der Waals surface area contributed by atoms with Crippen molar-refractivity contribution in [2.24, 2.45) is 5.92 Å². The highest BCUT2D eigenvalue weighted by Crippen LogP contribution is 2.28. The molecule has 4 nitrogen and oxygen atoms in total. The number of piperidine rings is 3. The number of rotatable bonds is 5. The molecule has 4 rings (SSSR count). The zero-order valence-corrected chi connectivity index (χ0v) is 15.1. The standard InChI is InChI=1S/C20H30N2O2/c1-20(2,3)24-19(23)17(13-15-7-5-4-6-8-15)21-18-14-22-11-9-16(18)10-12-22/h4-8,16-18,21H,9-14H2,1-3H3/t17-,18+/m0/s1. The summed E-state index contributed by atoms with van der Waals surface area (Å²) < 4.78 is 5.68. The van der Waals surface area contributed by atoms with E-state index in [9.17, 15) is 4.79 Å². The van der Waals surface area contributed by atoms with Gasteiger partial charge in [0.1, 0.15) is 11.6 Å². The first-order valence-electron chi connectivity index (χ1n) is 9.16. The monoisotopic (exact) mass is 330 g/mol. The molecule has 0 radical (unpaired) electrons. The van der Waals surface area contributed by atoms with Crippen LogP contribution in [0.15, 0.2) is 30.3 Å². The molecule has 1 N–H and O–H groups in total. The van der Waals surface area contributed by atoms with Crippen molar-refractivity contribution in [3.8, 4) is 0 Å². The van der Waals surface area contributed by atoms with Crippen LogP contribution < -0.4 is 5.32 Å². The van der Waals surface area contributed by atoms with Gasteiger partial charge < -0.3 is 9.64 Å². The fourth-order valence-electron chi connectivity index (χ4n) is 3.85. The molecule has 132 valence electrons. The average molecular weight is 330 g/mol. The van der Waals surface area contributed by atoms with Crippen LogP contribution in [-0.4, -0.2) is 48.2 Å². The number of nitrogens with zero attached hydrogens (tertiary/aromatic N) is 1. The quantitative estimate of drug-likeness (QED) is 0.843. The SMILES string of the molecule is CC(C)(C)OC(=O)[C@H](Cc1ccccc1)N[C@@H]1CN2CCC1CC2. The van der Waals surface area contributed by atoms with Crippen LogP contribution in [0.5, 0.6) is 0 Å².